The van der Waals surface area contributed by atoms with E-state index in [2.05, 4.69) is 22.9 Å². The van der Waals surface area contributed by atoms with Crippen LogP contribution in [-0.4, -0.2) is 21.3 Å². The maximum Gasteiger partial charge on any atom is 0.162 e. The summed E-state index contributed by atoms with van der Waals surface area (Å²) in [5.74, 6) is -1.41. The number of alkyl halides is 1. The largest absolute Gasteiger partial charge is 0.366 e. The monoisotopic (exact) mass is 294 g/mol. The molecule has 0 radical (unpaired) electrons. The molecule has 0 aromatic carbocycles. The second-order valence-corrected chi connectivity index (χ2v) is 5.44. The SMILES string of the molecule is CCCCC(O)(O)CCCCCCCCBr. The van der Waals surface area contributed by atoms with Gasteiger partial charge in [0.2, 0.25) is 0 Å². The topological polar surface area (TPSA) is 40.5 Å². The zero-order valence-corrected chi connectivity index (χ0v) is 12.1. The average Bonchev–Trinajstić information content (AvgIpc) is 2.25. The molecule has 16 heavy (non-hydrogen) atoms. The highest BCUT2D eigenvalue weighted by Gasteiger charge is 2.20. The first-order chi connectivity index (χ1) is 7.62. The van der Waals surface area contributed by atoms with Crippen LogP contribution in [0.2, 0.25) is 0 Å². The molecule has 0 saturated carbocycles. The van der Waals surface area contributed by atoms with E-state index in [-0.39, 0.29) is 0 Å². The molecule has 0 aliphatic heterocycles. The van der Waals surface area contributed by atoms with E-state index >= 15 is 0 Å². The van der Waals surface area contributed by atoms with E-state index in [1.54, 1.807) is 0 Å². The Labute approximate surface area is 109 Å². The van der Waals surface area contributed by atoms with Gasteiger partial charge in [-0.2, -0.15) is 0 Å². The first kappa shape index (κ1) is 16.4. The maximum atomic E-state index is 9.64. The Morgan fingerprint density at radius 3 is 1.88 bits per heavy atom. The Kier molecular flexibility index (Phi) is 10.8. The molecule has 98 valence electrons. The fourth-order valence-electron chi connectivity index (χ4n) is 1.79. The van der Waals surface area contributed by atoms with E-state index in [0.717, 1.165) is 31.0 Å². The molecule has 0 aromatic rings. The summed E-state index contributed by atoms with van der Waals surface area (Å²) in [4.78, 5) is 0. The Morgan fingerprint density at radius 2 is 1.31 bits per heavy atom. The normalized spacial score (nSPS) is 12.0. The third-order valence-electron chi connectivity index (χ3n) is 2.89. The van der Waals surface area contributed by atoms with Gasteiger partial charge in [-0.05, 0) is 19.3 Å². The van der Waals surface area contributed by atoms with Gasteiger partial charge in [-0.25, -0.2) is 0 Å². The molecule has 0 aromatic heterocycles. The van der Waals surface area contributed by atoms with Gasteiger partial charge in [-0.3, -0.25) is 0 Å². The molecule has 0 spiro atoms. The predicted molar refractivity (Wildman–Crippen MR) is 72.8 cm³/mol. The van der Waals surface area contributed by atoms with E-state index in [1.807, 2.05) is 0 Å². The third kappa shape index (κ3) is 10.9. The maximum absolute atomic E-state index is 9.64. The van der Waals surface area contributed by atoms with Gasteiger partial charge < -0.3 is 10.2 Å². The van der Waals surface area contributed by atoms with Crippen molar-refractivity contribution < 1.29 is 10.2 Å². The molecule has 0 heterocycles. The summed E-state index contributed by atoms with van der Waals surface area (Å²) in [6, 6.07) is 0. The van der Waals surface area contributed by atoms with Crippen LogP contribution >= 0.6 is 15.9 Å². The van der Waals surface area contributed by atoms with Crippen molar-refractivity contribution in [3.8, 4) is 0 Å². The van der Waals surface area contributed by atoms with Crippen molar-refractivity contribution in [3.05, 3.63) is 0 Å². The highest BCUT2D eigenvalue weighted by Crippen LogP contribution is 2.19. The quantitative estimate of drug-likeness (QED) is 0.344. The summed E-state index contributed by atoms with van der Waals surface area (Å²) in [6.07, 6.45) is 10.1. The highest BCUT2D eigenvalue weighted by molar-refractivity contribution is 9.09. The van der Waals surface area contributed by atoms with Crippen LogP contribution < -0.4 is 0 Å². The average molecular weight is 295 g/mol. The molecule has 0 fully saturated rings. The van der Waals surface area contributed by atoms with Crippen molar-refractivity contribution in [3.63, 3.8) is 0 Å². The second kappa shape index (κ2) is 10.5. The molecule has 0 bridgehead atoms. The number of halogens is 1. The summed E-state index contributed by atoms with van der Waals surface area (Å²) in [6.45, 7) is 2.07. The van der Waals surface area contributed by atoms with Gasteiger partial charge >= 0.3 is 0 Å². The predicted octanol–water partition coefficient (Wildman–Crippen LogP) is 3.98. The fraction of sp³-hybridized carbons (Fsp3) is 1.00. The van der Waals surface area contributed by atoms with Gasteiger partial charge in [0.05, 0.1) is 0 Å². The molecule has 0 amide bonds. The summed E-state index contributed by atoms with van der Waals surface area (Å²) >= 11 is 3.42. The summed E-state index contributed by atoms with van der Waals surface area (Å²) in [5.41, 5.74) is 0. The van der Waals surface area contributed by atoms with Crippen LogP contribution in [0, 0.1) is 0 Å². The van der Waals surface area contributed by atoms with Gasteiger partial charge in [0.15, 0.2) is 5.79 Å². The van der Waals surface area contributed by atoms with Gasteiger partial charge in [-0.1, -0.05) is 55.0 Å². The Balaban J connectivity index is 3.29. The van der Waals surface area contributed by atoms with E-state index in [0.29, 0.717) is 12.8 Å². The summed E-state index contributed by atoms with van der Waals surface area (Å²) in [7, 11) is 0. The van der Waals surface area contributed by atoms with Crippen LogP contribution in [0.25, 0.3) is 0 Å². The molecule has 0 aliphatic carbocycles. The van der Waals surface area contributed by atoms with Crippen LogP contribution in [0.1, 0.15) is 71.1 Å². The van der Waals surface area contributed by atoms with Crippen molar-refractivity contribution in [2.45, 2.75) is 76.9 Å². The van der Waals surface area contributed by atoms with E-state index in [9.17, 15) is 10.2 Å². The van der Waals surface area contributed by atoms with Crippen molar-refractivity contribution in [1.82, 2.24) is 0 Å². The second-order valence-electron chi connectivity index (χ2n) is 4.65. The number of unbranched alkanes of at least 4 members (excludes halogenated alkanes) is 6. The van der Waals surface area contributed by atoms with Crippen molar-refractivity contribution in [2.24, 2.45) is 0 Å². The highest BCUT2D eigenvalue weighted by atomic mass is 79.9. The first-order valence-corrected chi connectivity index (χ1v) is 7.75. The van der Waals surface area contributed by atoms with Gasteiger partial charge in [0.25, 0.3) is 0 Å². The Bertz CT molecular complexity index is 149. The van der Waals surface area contributed by atoms with E-state index in [1.165, 1.54) is 25.7 Å². The molecular weight excluding hydrogens is 268 g/mol. The minimum Gasteiger partial charge on any atom is -0.366 e. The van der Waals surface area contributed by atoms with Crippen LogP contribution in [0.3, 0.4) is 0 Å². The number of aliphatic hydroxyl groups is 2. The molecule has 0 unspecified atom stereocenters. The number of rotatable bonds is 11. The number of hydrogen-bond acceptors (Lipinski definition) is 2. The molecule has 2 N–H and O–H groups in total. The lowest BCUT2D eigenvalue weighted by molar-refractivity contribution is -0.171. The smallest absolute Gasteiger partial charge is 0.162 e. The van der Waals surface area contributed by atoms with Crippen LogP contribution in [0.5, 0.6) is 0 Å². The summed E-state index contributed by atoms with van der Waals surface area (Å²) < 4.78 is 0. The zero-order valence-electron chi connectivity index (χ0n) is 10.6. The summed E-state index contributed by atoms with van der Waals surface area (Å²) in [5, 5.41) is 20.4. The zero-order chi connectivity index (χ0) is 12.3. The number of hydrogen-bond donors (Lipinski definition) is 2. The fourth-order valence-corrected chi connectivity index (χ4v) is 2.19. The lowest BCUT2D eigenvalue weighted by atomic mass is 10.0. The molecular formula is C13H27BrO2. The van der Waals surface area contributed by atoms with Crippen LogP contribution in [0.15, 0.2) is 0 Å². The standard InChI is InChI=1S/C13H27BrO2/c1-2-3-10-13(15,16)11-8-6-4-5-7-9-12-14/h15-16H,2-12H2,1H3. The van der Waals surface area contributed by atoms with E-state index in [4.69, 9.17) is 0 Å². The van der Waals surface area contributed by atoms with E-state index < -0.39 is 5.79 Å². The first-order valence-electron chi connectivity index (χ1n) is 6.63. The molecule has 0 atom stereocenters. The molecule has 0 aliphatic rings. The minimum atomic E-state index is -1.41. The van der Waals surface area contributed by atoms with Crippen molar-refractivity contribution in [1.29, 1.82) is 0 Å². The van der Waals surface area contributed by atoms with Crippen LogP contribution in [0.4, 0.5) is 0 Å². The van der Waals surface area contributed by atoms with Gasteiger partial charge in [0.1, 0.15) is 0 Å². The molecule has 0 saturated heterocycles. The van der Waals surface area contributed by atoms with Gasteiger partial charge in [-0.15, -0.1) is 0 Å². The minimum absolute atomic E-state index is 0.521. The Morgan fingerprint density at radius 1 is 0.812 bits per heavy atom. The third-order valence-corrected chi connectivity index (χ3v) is 3.45. The lowest BCUT2D eigenvalue weighted by Crippen LogP contribution is -2.27. The molecule has 2 nitrogen and oxygen atoms in total. The lowest BCUT2D eigenvalue weighted by Gasteiger charge is -2.21. The Hall–Kier alpha value is 0.400. The van der Waals surface area contributed by atoms with Crippen LogP contribution in [-0.2, 0) is 0 Å². The van der Waals surface area contributed by atoms with Gasteiger partial charge in [0, 0.05) is 18.2 Å². The molecule has 3 heteroatoms. The molecule has 0 rings (SSSR count). The van der Waals surface area contributed by atoms with Crippen molar-refractivity contribution in [2.75, 3.05) is 5.33 Å². The van der Waals surface area contributed by atoms with Crippen molar-refractivity contribution >= 4 is 15.9 Å².